The van der Waals surface area contributed by atoms with E-state index in [-0.39, 0.29) is 11.8 Å². The van der Waals surface area contributed by atoms with Crippen molar-refractivity contribution in [2.75, 3.05) is 10.6 Å². The average molecular weight is 376 g/mol. The van der Waals surface area contributed by atoms with Gasteiger partial charge in [-0.05, 0) is 36.4 Å². The Hall–Kier alpha value is -3.80. The summed E-state index contributed by atoms with van der Waals surface area (Å²) in [6, 6.07) is 21.5. The molecule has 0 aliphatic rings. The largest absolute Gasteiger partial charge is 0.457 e. The van der Waals surface area contributed by atoms with Crippen LogP contribution in [0, 0.1) is 0 Å². The van der Waals surface area contributed by atoms with Crippen LogP contribution in [0.2, 0.25) is 0 Å². The Balaban J connectivity index is 1.72. The van der Waals surface area contributed by atoms with Gasteiger partial charge >= 0.3 is 0 Å². The number of ether oxygens (including phenoxy) is 2. The lowest BCUT2D eigenvalue weighted by molar-refractivity contribution is -0.115. The van der Waals surface area contributed by atoms with E-state index in [1.807, 2.05) is 18.2 Å². The minimum Gasteiger partial charge on any atom is -0.457 e. The lowest BCUT2D eigenvalue weighted by atomic mass is 10.2. The molecule has 0 aliphatic carbocycles. The molecular weight excluding hydrogens is 356 g/mol. The zero-order valence-electron chi connectivity index (χ0n) is 15.6. The molecule has 0 bridgehead atoms. The number of amides is 2. The van der Waals surface area contributed by atoms with Crippen LogP contribution in [-0.4, -0.2) is 11.8 Å². The van der Waals surface area contributed by atoms with E-state index in [1.165, 1.54) is 13.8 Å². The first-order valence-corrected chi connectivity index (χ1v) is 8.69. The highest BCUT2D eigenvalue weighted by atomic mass is 16.5. The highest BCUT2D eigenvalue weighted by molar-refractivity contribution is 5.89. The van der Waals surface area contributed by atoms with Crippen LogP contribution in [0.3, 0.4) is 0 Å². The molecule has 2 amide bonds. The van der Waals surface area contributed by atoms with Crippen molar-refractivity contribution in [1.29, 1.82) is 0 Å². The molecule has 3 rings (SSSR count). The van der Waals surface area contributed by atoms with E-state index in [9.17, 15) is 9.59 Å². The first-order valence-electron chi connectivity index (χ1n) is 8.69. The van der Waals surface area contributed by atoms with Crippen molar-refractivity contribution >= 4 is 23.2 Å². The van der Waals surface area contributed by atoms with E-state index in [2.05, 4.69) is 10.6 Å². The molecule has 3 aromatic carbocycles. The molecule has 0 aliphatic heterocycles. The predicted molar refractivity (Wildman–Crippen MR) is 108 cm³/mol. The van der Waals surface area contributed by atoms with Crippen molar-refractivity contribution in [1.82, 2.24) is 0 Å². The summed E-state index contributed by atoms with van der Waals surface area (Å²) in [6.45, 7) is 2.91. The first kappa shape index (κ1) is 19.0. The van der Waals surface area contributed by atoms with E-state index in [1.54, 1.807) is 54.6 Å². The quantitative estimate of drug-likeness (QED) is 0.621. The molecule has 2 N–H and O–H groups in total. The number of carbonyl (C=O) groups is 2. The third-order valence-corrected chi connectivity index (χ3v) is 3.59. The molecule has 3 aromatic rings. The molecule has 0 saturated carbocycles. The molecule has 0 saturated heterocycles. The van der Waals surface area contributed by atoms with Gasteiger partial charge in [0.15, 0.2) is 0 Å². The number of hydrogen-bond donors (Lipinski definition) is 2. The lowest BCUT2D eigenvalue weighted by Gasteiger charge is -2.11. The number of anilines is 2. The molecular formula is C22H20N2O4. The maximum atomic E-state index is 11.2. The van der Waals surface area contributed by atoms with Crippen molar-refractivity contribution in [2.24, 2.45) is 0 Å². The van der Waals surface area contributed by atoms with Crippen LogP contribution in [0.15, 0.2) is 72.8 Å². The molecule has 0 aromatic heterocycles. The van der Waals surface area contributed by atoms with Crippen LogP contribution in [0.25, 0.3) is 0 Å². The van der Waals surface area contributed by atoms with Crippen molar-refractivity contribution in [3.63, 3.8) is 0 Å². The fourth-order valence-electron chi connectivity index (χ4n) is 2.55. The van der Waals surface area contributed by atoms with Crippen molar-refractivity contribution in [2.45, 2.75) is 13.8 Å². The smallest absolute Gasteiger partial charge is 0.221 e. The molecule has 0 radical (unpaired) electrons. The summed E-state index contributed by atoms with van der Waals surface area (Å²) in [5.74, 6) is 2.08. The molecule has 0 unspecified atom stereocenters. The third-order valence-electron chi connectivity index (χ3n) is 3.59. The Morgan fingerprint density at radius 3 is 1.36 bits per heavy atom. The summed E-state index contributed by atoms with van der Waals surface area (Å²) in [5, 5.41) is 5.44. The van der Waals surface area contributed by atoms with Crippen LogP contribution in [0.1, 0.15) is 13.8 Å². The fraction of sp³-hybridized carbons (Fsp3) is 0.0909. The number of rotatable bonds is 6. The number of hydrogen-bond acceptors (Lipinski definition) is 4. The summed E-state index contributed by atoms with van der Waals surface area (Å²) in [7, 11) is 0. The maximum absolute atomic E-state index is 11.2. The zero-order chi connectivity index (χ0) is 19.9. The maximum Gasteiger partial charge on any atom is 0.221 e. The van der Waals surface area contributed by atoms with E-state index >= 15 is 0 Å². The topological polar surface area (TPSA) is 76.7 Å². The first-order chi connectivity index (χ1) is 13.5. The number of carbonyl (C=O) groups excluding carboxylic acids is 2. The number of benzene rings is 3. The summed E-state index contributed by atoms with van der Waals surface area (Å²) >= 11 is 0. The van der Waals surface area contributed by atoms with Gasteiger partial charge in [-0.25, -0.2) is 0 Å². The monoisotopic (exact) mass is 376 g/mol. The zero-order valence-corrected chi connectivity index (χ0v) is 15.6. The minimum atomic E-state index is -0.144. The van der Waals surface area contributed by atoms with Crippen LogP contribution in [-0.2, 0) is 9.59 Å². The summed E-state index contributed by atoms with van der Waals surface area (Å²) in [5.41, 5.74) is 1.32. The van der Waals surface area contributed by atoms with Gasteiger partial charge < -0.3 is 20.1 Å². The van der Waals surface area contributed by atoms with Gasteiger partial charge in [-0.2, -0.15) is 0 Å². The molecule has 6 nitrogen and oxygen atoms in total. The Kier molecular flexibility index (Phi) is 5.91. The normalized spacial score (nSPS) is 10.1. The SMILES string of the molecule is CC(=O)Nc1cccc(Oc2cccc(Oc3cccc(NC(C)=O)c3)c2)c1. The summed E-state index contributed by atoms with van der Waals surface area (Å²) in [4.78, 5) is 22.4. The van der Waals surface area contributed by atoms with Gasteiger partial charge in [-0.15, -0.1) is 0 Å². The fourth-order valence-corrected chi connectivity index (χ4v) is 2.55. The van der Waals surface area contributed by atoms with E-state index in [0.29, 0.717) is 34.4 Å². The Morgan fingerprint density at radius 1 is 0.607 bits per heavy atom. The molecule has 0 fully saturated rings. The van der Waals surface area contributed by atoms with Crippen LogP contribution in [0.4, 0.5) is 11.4 Å². The second-order valence-electron chi connectivity index (χ2n) is 6.10. The average Bonchev–Trinajstić information content (AvgIpc) is 2.61. The highest BCUT2D eigenvalue weighted by Gasteiger charge is 2.04. The van der Waals surface area contributed by atoms with Gasteiger partial charge in [0.2, 0.25) is 11.8 Å². The van der Waals surface area contributed by atoms with Crippen LogP contribution < -0.4 is 20.1 Å². The third kappa shape index (κ3) is 5.60. The van der Waals surface area contributed by atoms with Crippen molar-refractivity contribution in [3.05, 3.63) is 72.8 Å². The minimum absolute atomic E-state index is 0.144. The standard InChI is InChI=1S/C22H20N2O4/c1-15(25)23-17-6-3-8-19(12-17)27-21-10-5-11-22(14-21)28-20-9-4-7-18(13-20)24-16(2)26/h3-14H,1-2H3,(H,23,25)(H,24,26). The van der Waals surface area contributed by atoms with Crippen LogP contribution >= 0.6 is 0 Å². The molecule has 6 heteroatoms. The van der Waals surface area contributed by atoms with E-state index in [0.717, 1.165) is 0 Å². The summed E-state index contributed by atoms with van der Waals surface area (Å²) in [6.07, 6.45) is 0. The van der Waals surface area contributed by atoms with E-state index in [4.69, 9.17) is 9.47 Å². The second kappa shape index (κ2) is 8.73. The van der Waals surface area contributed by atoms with Gasteiger partial charge in [-0.3, -0.25) is 9.59 Å². The van der Waals surface area contributed by atoms with Gasteiger partial charge in [0.25, 0.3) is 0 Å². The van der Waals surface area contributed by atoms with Gasteiger partial charge in [0.05, 0.1) is 0 Å². The predicted octanol–water partition coefficient (Wildman–Crippen LogP) is 5.19. The Morgan fingerprint density at radius 2 is 0.964 bits per heavy atom. The highest BCUT2D eigenvalue weighted by Crippen LogP contribution is 2.30. The van der Waals surface area contributed by atoms with Crippen molar-refractivity contribution in [3.8, 4) is 23.0 Å². The van der Waals surface area contributed by atoms with Crippen molar-refractivity contribution < 1.29 is 19.1 Å². The second-order valence-corrected chi connectivity index (χ2v) is 6.10. The van der Waals surface area contributed by atoms with Gasteiger partial charge in [-0.1, -0.05) is 18.2 Å². The van der Waals surface area contributed by atoms with Gasteiger partial charge in [0, 0.05) is 43.4 Å². The van der Waals surface area contributed by atoms with Gasteiger partial charge in [0.1, 0.15) is 23.0 Å². The number of nitrogens with one attached hydrogen (secondary N) is 2. The Bertz CT molecular complexity index is 924. The summed E-state index contributed by atoms with van der Waals surface area (Å²) < 4.78 is 11.7. The Labute approximate surface area is 163 Å². The molecule has 28 heavy (non-hydrogen) atoms. The van der Waals surface area contributed by atoms with Crippen LogP contribution in [0.5, 0.6) is 23.0 Å². The van der Waals surface area contributed by atoms with E-state index < -0.39 is 0 Å². The molecule has 0 atom stereocenters. The molecule has 0 spiro atoms. The molecule has 142 valence electrons. The molecule has 0 heterocycles. The lowest BCUT2D eigenvalue weighted by Crippen LogP contribution is -2.05.